The molecule has 0 spiro atoms. The lowest BCUT2D eigenvalue weighted by atomic mass is 9.87. The maximum absolute atomic E-state index is 13.3. The molecule has 1 amide bonds. The first-order chi connectivity index (χ1) is 15.5. The molecule has 0 aromatic heterocycles. The molecule has 4 rings (SSSR count). The highest BCUT2D eigenvalue weighted by Crippen LogP contribution is 2.41. The van der Waals surface area contributed by atoms with Crippen molar-refractivity contribution in [2.45, 2.75) is 12.5 Å². The molecule has 0 saturated carbocycles. The van der Waals surface area contributed by atoms with Gasteiger partial charge in [-0.1, -0.05) is 35.3 Å². The lowest BCUT2D eigenvalue weighted by Gasteiger charge is -2.38. The van der Waals surface area contributed by atoms with E-state index in [-0.39, 0.29) is 18.6 Å². The van der Waals surface area contributed by atoms with E-state index in [0.717, 1.165) is 16.7 Å². The number of fused-ring (bicyclic) bond motifs is 1. The molecular formula is C25H23Cl2NO4. The molecule has 0 aliphatic carbocycles. The van der Waals surface area contributed by atoms with E-state index in [1.54, 1.807) is 38.5 Å². The Hall–Kier alpha value is -2.89. The van der Waals surface area contributed by atoms with Gasteiger partial charge in [-0.05, 0) is 71.6 Å². The first kappa shape index (κ1) is 22.3. The molecule has 1 aliphatic heterocycles. The zero-order valence-corrected chi connectivity index (χ0v) is 19.3. The number of nitrogens with zero attached hydrogens (tertiary/aromatic N) is 1. The fourth-order valence-corrected chi connectivity index (χ4v) is 4.33. The summed E-state index contributed by atoms with van der Waals surface area (Å²) in [7, 11) is 3.22. The molecule has 1 aliphatic rings. The summed E-state index contributed by atoms with van der Waals surface area (Å²) in [5.74, 6) is 1.75. The number of carbonyl (C=O) groups excluding carboxylic acids is 1. The summed E-state index contributed by atoms with van der Waals surface area (Å²) in [6.07, 6.45) is 0.694. The van der Waals surface area contributed by atoms with E-state index in [1.807, 2.05) is 41.3 Å². The predicted molar refractivity (Wildman–Crippen MR) is 125 cm³/mol. The largest absolute Gasteiger partial charge is 0.493 e. The van der Waals surface area contributed by atoms with Crippen molar-refractivity contribution in [2.24, 2.45) is 0 Å². The summed E-state index contributed by atoms with van der Waals surface area (Å²) in [4.78, 5) is 15.1. The number of rotatable bonds is 6. The second-order valence-corrected chi connectivity index (χ2v) is 8.32. The number of ether oxygens (including phenoxy) is 3. The van der Waals surface area contributed by atoms with Gasteiger partial charge >= 0.3 is 0 Å². The Balaban J connectivity index is 1.68. The first-order valence-electron chi connectivity index (χ1n) is 10.2. The number of carbonyl (C=O) groups is 1. The zero-order valence-electron chi connectivity index (χ0n) is 17.8. The first-order valence-corrected chi connectivity index (χ1v) is 10.9. The van der Waals surface area contributed by atoms with Crippen LogP contribution in [-0.4, -0.2) is 38.2 Å². The van der Waals surface area contributed by atoms with Gasteiger partial charge in [0, 0.05) is 16.6 Å². The lowest BCUT2D eigenvalue weighted by Crippen LogP contribution is -2.43. The van der Waals surface area contributed by atoms with Crippen molar-refractivity contribution >= 4 is 29.1 Å². The van der Waals surface area contributed by atoms with Crippen LogP contribution in [0.3, 0.4) is 0 Å². The van der Waals surface area contributed by atoms with Gasteiger partial charge in [-0.3, -0.25) is 4.79 Å². The maximum Gasteiger partial charge on any atom is 0.261 e. The Labute approximate surface area is 197 Å². The summed E-state index contributed by atoms with van der Waals surface area (Å²) in [5.41, 5.74) is 3.01. The number of benzene rings is 3. The van der Waals surface area contributed by atoms with E-state index in [2.05, 4.69) is 0 Å². The van der Waals surface area contributed by atoms with Gasteiger partial charge in [0.25, 0.3) is 5.91 Å². The quantitative estimate of drug-likeness (QED) is 0.471. The van der Waals surface area contributed by atoms with Crippen molar-refractivity contribution in [3.05, 3.63) is 87.4 Å². The third-order valence-corrected chi connectivity index (χ3v) is 6.02. The Morgan fingerprint density at radius 3 is 2.38 bits per heavy atom. The van der Waals surface area contributed by atoms with Crippen molar-refractivity contribution in [3.8, 4) is 17.2 Å². The monoisotopic (exact) mass is 471 g/mol. The van der Waals surface area contributed by atoms with E-state index < -0.39 is 0 Å². The average Bonchev–Trinajstić information content (AvgIpc) is 2.81. The van der Waals surface area contributed by atoms with Crippen LogP contribution in [0.4, 0.5) is 0 Å². The highest BCUT2D eigenvalue weighted by Gasteiger charge is 2.33. The average molecular weight is 472 g/mol. The second kappa shape index (κ2) is 9.72. The van der Waals surface area contributed by atoms with Crippen LogP contribution in [0.2, 0.25) is 10.0 Å². The minimum absolute atomic E-state index is 0.0820. The zero-order chi connectivity index (χ0) is 22.7. The molecule has 166 valence electrons. The van der Waals surface area contributed by atoms with Crippen LogP contribution < -0.4 is 14.2 Å². The molecular weight excluding hydrogens is 449 g/mol. The van der Waals surface area contributed by atoms with Crippen LogP contribution in [0.25, 0.3) is 0 Å². The summed E-state index contributed by atoms with van der Waals surface area (Å²) < 4.78 is 16.7. The number of amides is 1. The van der Waals surface area contributed by atoms with Gasteiger partial charge in [0.05, 0.1) is 20.3 Å². The van der Waals surface area contributed by atoms with Crippen molar-refractivity contribution < 1.29 is 19.0 Å². The molecule has 0 radical (unpaired) electrons. The van der Waals surface area contributed by atoms with Crippen LogP contribution in [-0.2, 0) is 11.2 Å². The van der Waals surface area contributed by atoms with Crippen LogP contribution in [0.15, 0.2) is 60.7 Å². The van der Waals surface area contributed by atoms with Gasteiger partial charge in [-0.15, -0.1) is 0 Å². The van der Waals surface area contributed by atoms with E-state index in [1.165, 1.54) is 0 Å². The Bertz CT molecular complexity index is 1120. The second-order valence-electron chi connectivity index (χ2n) is 7.44. The molecule has 1 heterocycles. The molecule has 32 heavy (non-hydrogen) atoms. The van der Waals surface area contributed by atoms with Gasteiger partial charge in [0.1, 0.15) is 5.75 Å². The normalized spacial score (nSPS) is 15.1. The third kappa shape index (κ3) is 4.64. The molecule has 0 unspecified atom stereocenters. The van der Waals surface area contributed by atoms with Gasteiger partial charge in [-0.2, -0.15) is 0 Å². The molecule has 7 heteroatoms. The molecule has 5 nitrogen and oxygen atoms in total. The van der Waals surface area contributed by atoms with Crippen molar-refractivity contribution in [3.63, 3.8) is 0 Å². The highest BCUT2D eigenvalue weighted by atomic mass is 35.5. The summed E-state index contributed by atoms with van der Waals surface area (Å²) >= 11 is 12.2. The van der Waals surface area contributed by atoms with Gasteiger partial charge in [-0.25, -0.2) is 0 Å². The van der Waals surface area contributed by atoms with Crippen LogP contribution in [0, 0.1) is 0 Å². The van der Waals surface area contributed by atoms with Gasteiger partial charge in [0.2, 0.25) is 0 Å². The minimum Gasteiger partial charge on any atom is -0.493 e. The van der Waals surface area contributed by atoms with Gasteiger partial charge in [0.15, 0.2) is 18.1 Å². The van der Waals surface area contributed by atoms with E-state index in [0.29, 0.717) is 40.3 Å². The number of halogens is 2. The van der Waals surface area contributed by atoms with Crippen molar-refractivity contribution in [1.82, 2.24) is 4.90 Å². The third-order valence-electron chi connectivity index (χ3n) is 5.53. The topological polar surface area (TPSA) is 48.0 Å². The molecule has 0 bridgehead atoms. The SMILES string of the molecule is COc1cc2c(cc1OC)[C@H](c1cccc(Cl)c1)N(C(=O)COc1ccc(Cl)cc1)CC2. The Morgan fingerprint density at radius 1 is 0.969 bits per heavy atom. The van der Waals surface area contributed by atoms with Crippen molar-refractivity contribution in [1.29, 1.82) is 0 Å². The smallest absolute Gasteiger partial charge is 0.261 e. The predicted octanol–water partition coefficient (Wildman–Crippen LogP) is 5.56. The Morgan fingerprint density at radius 2 is 1.69 bits per heavy atom. The summed E-state index contributed by atoms with van der Waals surface area (Å²) in [5, 5.41) is 1.22. The highest BCUT2D eigenvalue weighted by molar-refractivity contribution is 6.30. The van der Waals surface area contributed by atoms with Crippen LogP contribution in [0.1, 0.15) is 22.7 Å². The van der Waals surface area contributed by atoms with E-state index in [9.17, 15) is 4.79 Å². The fraction of sp³-hybridized carbons (Fsp3) is 0.240. The standard InChI is InChI=1S/C25H23Cl2NO4/c1-30-22-13-16-10-11-28(24(29)15-32-20-8-6-18(26)7-9-20)25(21(16)14-23(22)31-2)17-4-3-5-19(27)12-17/h3-9,12-14,25H,10-11,15H2,1-2H3/t25-/m0/s1. The molecule has 0 N–H and O–H groups in total. The Kier molecular flexibility index (Phi) is 6.77. The molecule has 0 fully saturated rings. The number of hydrogen-bond acceptors (Lipinski definition) is 4. The number of methoxy groups -OCH3 is 2. The summed E-state index contributed by atoms with van der Waals surface area (Å²) in [6.45, 7) is 0.462. The fourth-order valence-electron chi connectivity index (χ4n) is 4.01. The molecule has 3 aromatic carbocycles. The molecule has 0 saturated heterocycles. The van der Waals surface area contributed by atoms with E-state index in [4.69, 9.17) is 37.4 Å². The summed E-state index contributed by atoms with van der Waals surface area (Å²) in [6, 6.07) is 18.1. The van der Waals surface area contributed by atoms with Crippen molar-refractivity contribution in [2.75, 3.05) is 27.4 Å². The van der Waals surface area contributed by atoms with E-state index >= 15 is 0 Å². The number of hydrogen-bond donors (Lipinski definition) is 0. The molecule has 1 atom stereocenters. The molecule has 3 aromatic rings. The van der Waals surface area contributed by atoms with Crippen LogP contribution in [0.5, 0.6) is 17.2 Å². The maximum atomic E-state index is 13.3. The minimum atomic E-state index is -0.321. The van der Waals surface area contributed by atoms with Crippen LogP contribution >= 0.6 is 23.2 Å². The lowest BCUT2D eigenvalue weighted by molar-refractivity contribution is -0.135. The van der Waals surface area contributed by atoms with Gasteiger partial charge < -0.3 is 19.1 Å².